The highest BCUT2D eigenvalue weighted by Gasteiger charge is 2.18. The van der Waals surface area contributed by atoms with Crippen LogP contribution < -0.4 is 5.73 Å². The third-order valence-electron chi connectivity index (χ3n) is 2.01. The minimum atomic E-state index is 0.614. The number of rotatable bonds is 3. The molecular formula is C7H16N2O. The maximum absolute atomic E-state index is 5.41. The largest absolute Gasteiger partial charge is 0.380 e. The van der Waals surface area contributed by atoms with E-state index in [1.165, 1.54) is 0 Å². The molecule has 60 valence electrons. The van der Waals surface area contributed by atoms with Crippen molar-refractivity contribution in [2.45, 2.75) is 12.5 Å². The number of nitrogens with zero attached hydrogens (tertiary/aromatic N) is 1. The average molecular weight is 144 g/mol. The minimum absolute atomic E-state index is 0.614. The maximum Gasteiger partial charge on any atom is 0.0622 e. The lowest BCUT2D eigenvalue weighted by atomic mass is 10.2. The molecule has 0 aromatic carbocycles. The predicted molar refractivity (Wildman–Crippen MR) is 40.9 cm³/mol. The molecule has 1 aliphatic rings. The van der Waals surface area contributed by atoms with Crippen LogP contribution in [0.2, 0.25) is 0 Å². The Morgan fingerprint density at radius 3 is 3.00 bits per heavy atom. The van der Waals surface area contributed by atoms with E-state index in [0.29, 0.717) is 6.04 Å². The second-order valence-corrected chi connectivity index (χ2v) is 2.79. The average Bonchev–Trinajstić information content (AvgIpc) is 2.38. The number of hydrogen-bond acceptors (Lipinski definition) is 3. The van der Waals surface area contributed by atoms with Crippen LogP contribution in [-0.2, 0) is 4.74 Å². The van der Waals surface area contributed by atoms with E-state index in [1.807, 2.05) is 0 Å². The summed E-state index contributed by atoms with van der Waals surface area (Å²) in [7, 11) is 2.10. The van der Waals surface area contributed by atoms with Gasteiger partial charge < -0.3 is 10.5 Å². The smallest absolute Gasteiger partial charge is 0.0622 e. The van der Waals surface area contributed by atoms with Crippen LogP contribution in [-0.4, -0.2) is 44.3 Å². The van der Waals surface area contributed by atoms with Crippen LogP contribution in [0.1, 0.15) is 6.42 Å². The quantitative estimate of drug-likeness (QED) is 0.589. The fourth-order valence-corrected chi connectivity index (χ4v) is 1.26. The fraction of sp³-hybridized carbons (Fsp3) is 1.00. The summed E-state index contributed by atoms with van der Waals surface area (Å²) in [6, 6.07) is 0.614. The summed E-state index contributed by atoms with van der Waals surface area (Å²) in [6.45, 7) is 3.52. The highest BCUT2D eigenvalue weighted by atomic mass is 16.5. The molecule has 0 amide bonds. The van der Waals surface area contributed by atoms with Crippen LogP contribution in [0.4, 0.5) is 0 Å². The highest BCUT2D eigenvalue weighted by molar-refractivity contribution is 4.72. The minimum Gasteiger partial charge on any atom is -0.380 e. The van der Waals surface area contributed by atoms with Gasteiger partial charge in [0, 0.05) is 25.7 Å². The van der Waals surface area contributed by atoms with Crippen LogP contribution in [0.5, 0.6) is 0 Å². The Labute approximate surface area is 62.1 Å². The SMILES string of the molecule is CN(CCN)C1CCOC1. The van der Waals surface area contributed by atoms with E-state index in [9.17, 15) is 0 Å². The Morgan fingerprint density at radius 1 is 1.70 bits per heavy atom. The van der Waals surface area contributed by atoms with Gasteiger partial charge in [0.25, 0.3) is 0 Å². The molecule has 1 unspecified atom stereocenters. The molecule has 3 nitrogen and oxygen atoms in total. The van der Waals surface area contributed by atoms with E-state index < -0.39 is 0 Å². The molecule has 2 N–H and O–H groups in total. The molecule has 0 saturated carbocycles. The van der Waals surface area contributed by atoms with E-state index in [-0.39, 0.29) is 0 Å². The van der Waals surface area contributed by atoms with E-state index in [4.69, 9.17) is 10.5 Å². The fourth-order valence-electron chi connectivity index (χ4n) is 1.26. The molecule has 3 heteroatoms. The Kier molecular flexibility index (Phi) is 3.12. The van der Waals surface area contributed by atoms with Gasteiger partial charge in [-0.1, -0.05) is 0 Å². The van der Waals surface area contributed by atoms with Crippen molar-refractivity contribution in [3.63, 3.8) is 0 Å². The third kappa shape index (κ3) is 1.94. The molecule has 0 radical (unpaired) electrons. The summed E-state index contributed by atoms with van der Waals surface area (Å²) in [4.78, 5) is 2.27. The van der Waals surface area contributed by atoms with Gasteiger partial charge in [-0.05, 0) is 13.5 Å². The van der Waals surface area contributed by atoms with Crippen molar-refractivity contribution in [1.82, 2.24) is 4.90 Å². The number of ether oxygens (including phenoxy) is 1. The molecule has 1 atom stereocenters. The topological polar surface area (TPSA) is 38.5 Å². The molecule has 1 heterocycles. The molecule has 1 aliphatic heterocycles. The molecule has 0 spiro atoms. The molecule has 0 aromatic heterocycles. The van der Waals surface area contributed by atoms with Gasteiger partial charge >= 0.3 is 0 Å². The first-order chi connectivity index (χ1) is 4.84. The normalized spacial score (nSPS) is 26.1. The summed E-state index contributed by atoms with van der Waals surface area (Å²) >= 11 is 0. The van der Waals surface area contributed by atoms with Crippen LogP contribution >= 0.6 is 0 Å². The molecule has 0 aromatic rings. The third-order valence-corrected chi connectivity index (χ3v) is 2.01. The van der Waals surface area contributed by atoms with E-state index in [0.717, 1.165) is 32.7 Å². The lowest BCUT2D eigenvalue weighted by Crippen LogP contribution is -2.35. The van der Waals surface area contributed by atoms with E-state index in [1.54, 1.807) is 0 Å². The maximum atomic E-state index is 5.41. The molecule has 0 bridgehead atoms. The van der Waals surface area contributed by atoms with Gasteiger partial charge in [-0.15, -0.1) is 0 Å². The van der Waals surface area contributed by atoms with Gasteiger partial charge in [0.1, 0.15) is 0 Å². The molecule has 1 rings (SSSR count). The zero-order valence-corrected chi connectivity index (χ0v) is 6.55. The zero-order valence-electron chi connectivity index (χ0n) is 6.55. The van der Waals surface area contributed by atoms with Crippen LogP contribution in [0.15, 0.2) is 0 Å². The van der Waals surface area contributed by atoms with Gasteiger partial charge in [-0.2, -0.15) is 0 Å². The Morgan fingerprint density at radius 2 is 2.50 bits per heavy atom. The summed E-state index contributed by atoms with van der Waals surface area (Å²) in [5, 5.41) is 0. The van der Waals surface area contributed by atoms with Gasteiger partial charge in [-0.3, -0.25) is 4.90 Å². The van der Waals surface area contributed by atoms with Crippen LogP contribution in [0, 0.1) is 0 Å². The van der Waals surface area contributed by atoms with Crippen LogP contribution in [0.25, 0.3) is 0 Å². The molecular weight excluding hydrogens is 128 g/mol. The second-order valence-electron chi connectivity index (χ2n) is 2.79. The van der Waals surface area contributed by atoms with Gasteiger partial charge in [-0.25, -0.2) is 0 Å². The zero-order chi connectivity index (χ0) is 7.40. The first kappa shape index (κ1) is 7.98. The van der Waals surface area contributed by atoms with Crippen molar-refractivity contribution < 1.29 is 4.74 Å². The van der Waals surface area contributed by atoms with Crippen molar-refractivity contribution in [2.75, 3.05) is 33.4 Å². The summed E-state index contributed by atoms with van der Waals surface area (Å²) in [6.07, 6.45) is 1.16. The standard InChI is InChI=1S/C7H16N2O/c1-9(4-3-8)7-2-5-10-6-7/h7H,2-6,8H2,1H3. The number of hydrogen-bond donors (Lipinski definition) is 1. The monoisotopic (exact) mass is 144 g/mol. The molecule has 10 heavy (non-hydrogen) atoms. The number of nitrogens with two attached hydrogens (primary N) is 1. The first-order valence-corrected chi connectivity index (χ1v) is 3.82. The van der Waals surface area contributed by atoms with Crippen molar-refractivity contribution in [3.8, 4) is 0 Å². The van der Waals surface area contributed by atoms with Gasteiger partial charge in [0.15, 0.2) is 0 Å². The van der Waals surface area contributed by atoms with E-state index in [2.05, 4.69) is 11.9 Å². The van der Waals surface area contributed by atoms with Crippen LogP contribution in [0.3, 0.4) is 0 Å². The molecule has 1 saturated heterocycles. The summed E-state index contributed by atoms with van der Waals surface area (Å²) in [5.74, 6) is 0. The molecule has 0 aliphatic carbocycles. The Hall–Kier alpha value is -0.120. The number of likely N-dealkylation sites (N-methyl/N-ethyl adjacent to an activating group) is 1. The van der Waals surface area contributed by atoms with E-state index >= 15 is 0 Å². The Balaban J connectivity index is 2.18. The summed E-state index contributed by atoms with van der Waals surface area (Å²) in [5.41, 5.74) is 5.41. The summed E-state index contributed by atoms with van der Waals surface area (Å²) < 4.78 is 5.24. The van der Waals surface area contributed by atoms with Gasteiger partial charge in [0.05, 0.1) is 6.61 Å². The first-order valence-electron chi connectivity index (χ1n) is 3.82. The Bertz CT molecular complexity index is 91.6. The van der Waals surface area contributed by atoms with Crippen molar-refractivity contribution >= 4 is 0 Å². The van der Waals surface area contributed by atoms with Gasteiger partial charge in [0.2, 0.25) is 0 Å². The van der Waals surface area contributed by atoms with Crippen molar-refractivity contribution in [1.29, 1.82) is 0 Å². The van der Waals surface area contributed by atoms with Crippen molar-refractivity contribution in [3.05, 3.63) is 0 Å². The predicted octanol–water partition coefficient (Wildman–Crippen LogP) is -0.334. The lowest BCUT2D eigenvalue weighted by Gasteiger charge is -2.21. The highest BCUT2D eigenvalue weighted by Crippen LogP contribution is 2.09. The van der Waals surface area contributed by atoms with Crippen molar-refractivity contribution in [2.24, 2.45) is 5.73 Å². The molecule has 1 fully saturated rings. The lowest BCUT2D eigenvalue weighted by molar-refractivity contribution is 0.161. The second kappa shape index (κ2) is 3.91.